The first kappa shape index (κ1) is 18.4. The predicted molar refractivity (Wildman–Crippen MR) is 117 cm³/mol. The Kier molecular flexibility index (Phi) is 4.95. The van der Waals surface area contributed by atoms with E-state index in [-0.39, 0.29) is 6.04 Å². The minimum atomic E-state index is 0.0759. The van der Waals surface area contributed by atoms with Gasteiger partial charge in [-0.3, -0.25) is 5.41 Å². The molecule has 1 aliphatic carbocycles. The number of para-hydroxylation sites is 1. The topological polar surface area (TPSA) is 39.6 Å². The van der Waals surface area contributed by atoms with Crippen molar-refractivity contribution in [1.82, 2.24) is 4.90 Å². The number of nitrogens with zero attached hydrogens (tertiary/aromatic N) is 2. The second-order valence-electron chi connectivity index (χ2n) is 7.55. The highest BCUT2D eigenvalue weighted by Gasteiger charge is 2.22. The average molecular weight is 374 g/mol. The molecule has 1 N–H and O–H groups in total. The summed E-state index contributed by atoms with van der Waals surface area (Å²) < 4.78 is 5.88. The molecule has 1 unspecified atom stereocenters. The van der Waals surface area contributed by atoms with Gasteiger partial charge in [0.25, 0.3) is 0 Å². The Balaban J connectivity index is 1.51. The Hall–Kier alpha value is -3.01. The molecule has 0 saturated heterocycles. The average Bonchev–Trinajstić information content (AvgIpc) is 3.16. The van der Waals surface area contributed by atoms with E-state index >= 15 is 0 Å². The van der Waals surface area contributed by atoms with Crippen molar-refractivity contribution in [3.8, 4) is 5.75 Å². The first-order valence-electron chi connectivity index (χ1n) is 9.82. The normalized spacial score (nSPS) is 13.4. The zero-order chi connectivity index (χ0) is 19.7. The van der Waals surface area contributed by atoms with Gasteiger partial charge in [0.05, 0.1) is 11.7 Å². The highest BCUT2D eigenvalue weighted by atomic mass is 16.5. The standard InChI is InChI=1S/C24H27N3O/c1-17(16-28-20-9-5-4-6-10-20)26(2)24(25)27(3)22-15-14-19-13-12-18-8-7-11-21(22)23(18)19/h4-11,14-15,17,25H,12-13,16H2,1-3H3. The quantitative estimate of drug-likeness (QED) is 0.520. The maximum absolute atomic E-state index is 8.75. The molecule has 0 aromatic heterocycles. The number of benzene rings is 3. The molecule has 4 rings (SSSR count). The van der Waals surface area contributed by atoms with E-state index in [0.29, 0.717) is 12.6 Å². The minimum absolute atomic E-state index is 0.0759. The molecule has 4 nitrogen and oxygen atoms in total. The molecule has 0 aliphatic heterocycles. The van der Waals surface area contributed by atoms with E-state index in [1.165, 1.54) is 21.9 Å². The number of nitrogens with one attached hydrogen (secondary N) is 1. The molecule has 28 heavy (non-hydrogen) atoms. The molecule has 0 amide bonds. The molecule has 144 valence electrons. The fraction of sp³-hybridized carbons (Fsp3) is 0.292. The van der Waals surface area contributed by atoms with Crippen LogP contribution in [0.4, 0.5) is 5.69 Å². The summed E-state index contributed by atoms with van der Waals surface area (Å²) in [6.45, 7) is 2.61. The number of ether oxygens (including phenoxy) is 1. The molecule has 0 spiro atoms. The van der Waals surface area contributed by atoms with Crippen LogP contribution in [-0.4, -0.2) is 37.6 Å². The van der Waals surface area contributed by atoms with Gasteiger partial charge < -0.3 is 14.5 Å². The van der Waals surface area contributed by atoms with Gasteiger partial charge in [-0.1, -0.05) is 42.5 Å². The molecule has 4 heteroatoms. The van der Waals surface area contributed by atoms with Gasteiger partial charge in [0.15, 0.2) is 5.96 Å². The van der Waals surface area contributed by atoms with Gasteiger partial charge in [0.1, 0.15) is 12.4 Å². The van der Waals surface area contributed by atoms with Gasteiger partial charge in [0, 0.05) is 19.5 Å². The number of aryl methyl sites for hydroxylation is 2. The van der Waals surface area contributed by atoms with Crippen LogP contribution in [0, 0.1) is 5.41 Å². The van der Waals surface area contributed by atoms with Crippen molar-refractivity contribution in [1.29, 1.82) is 5.41 Å². The Morgan fingerprint density at radius 2 is 1.68 bits per heavy atom. The van der Waals surface area contributed by atoms with E-state index in [0.717, 1.165) is 24.3 Å². The number of likely N-dealkylation sites (N-methyl/N-ethyl adjacent to an activating group) is 1. The lowest BCUT2D eigenvalue weighted by Crippen LogP contribution is -2.46. The second kappa shape index (κ2) is 7.55. The third-order valence-electron chi connectivity index (χ3n) is 5.76. The van der Waals surface area contributed by atoms with Crippen LogP contribution >= 0.6 is 0 Å². The lowest BCUT2D eigenvalue weighted by Gasteiger charge is -2.33. The summed E-state index contributed by atoms with van der Waals surface area (Å²) in [6, 6.07) is 20.8. The maximum atomic E-state index is 8.75. The van der Waals surface area contributed by atoms with Crippen LogP contribution < -0.4 is 9.64 Å². The van der Waals surface area contributed by atoms with E-state index in [1.54, 1.807) is 0 Å². The molecule has 1 atom stereocenters. The number of rotatable bonds is 5. The van der Waals surface area contributed by atoms with Crippen molar-refractivity contribution >= 4 is 22.4 Å². The number of hydrogen-bond donors (Lipinski definition) is 1. The molecule has 3 aromatic carbocycles. The summed E-state index contributed by atoms with van der Waals surface area (Å²) in [4.78, 5) is 3.94. The van der Waals surface area contributed by atoms with Crippen LogP contribution in [0.15, 0.2) is 60.7 Å². The van der Waals surface area contributed by atoms with Crippen LogP contribution in [0.1, 0.15) is 18.1 Å². The van der Waals surface area contributed by atoms with Gasteiger partial charge in [-0.25, -0.2) is 0 Å². The van der Waals surface area contributed by atoms with Crippen molar-refractivity contribution < 1.29 is 4.74 Å². The van der Waals surface area contributed by atoms with Crippen molar-refractivity contribution in [2.75, 3.05) is 25.6 Å². The predicted octanol–water partition coefficient (Wildman–Crippen LogP) is 4.71. The van der Waals surface area contributed by atoms with E-state index in [9.17, 15) is 0 Å². The van der Waals surface area contributed by atoms with Gasteiger partial charge in [-0.15, -0.1) is 0 Å². The van der Waals surface area contributed by atoms with Crippen molar-refractivity contribution in [2.24, 2.45) is 0 Å². The SMILES string of the molecule is CC(COc1ccccc1)N(C)C(=N)N(C)c1ccc2c3c(cccc13)CC2. The Bertz CT molecular complexity index is 989. The molecule has 1 aliphatic rings. The maximum Gasteiger partial charge on any atom is 0.198 e. The number of anilines is 1. The van der Waals surface area contributed by atoms with Crippen molar-refractivity contribution in [3.63, 3.8) is 0 Å². The molecule has 0 bridgehead atoms. The minimum Gasteiger partial charge on any atom is -0.491 e. The summed E-state index contributed by atoms with van der Waals surface area (Å²) in [7, 11) is 3.93. The number of hydrogen-bond acceptors (Lipinski definition) is 2. The zero-order valence-electron chi connectivity index (χ0n) is 16.8. The lowest BCUT2D eigenvalue weighted by atomic mass is 10.0. The fourth-order valence-corrected chi connectivity index (χ4v) is 3.93. The van der Waals surface area contributed by atoms with Crippen molar-refractivity contribution in [2.45, 2.75) is 25.8 Å². The first-order valence-corrected chi connectivity index (χ1v) is 9.82. The van der Waals surface area contributed by atoms with Gasteiger partial charge in [-0.2, -0.15) is 0 Å². The Labute approximate surface area is 166 Å². The fourth-order valence-electron chi connectivity index (χ4n) is 3.93. The summed E-state index contributed by atoms with van der Waals surface area (Å²) in [5.74, 6) is 1.32. The monoisotopic (exact) mass is 373 g/mol. The van der Waals surface area contributed by atoms with Gasteiger partial charge >= 0.3 is 0 Å². The molecule has 0 saturated carbocycles. The molecule has 3 aromatic rings. The van der Waals surface area contributed by atoms with Crippen LogP contribution in [-0.2, 0) is 12.8 Å². The molecule has 0 heterocycles. The molecular weight excluding hydrogens is 346 g/mol. The largest absolute Gasteiger partial charge is 0.491 e. The first-order chi connectivity index (χ1) is 13.6. The van der Waals surface area contributed by atoms with Crippen LogP contribution in [0.5, 0.6) is 5.75 Å². The summed E-state index contributed by atoms with van der Waals surface area (Å²) in [5, 5.41) is 11.4. The summed E-state index contributed by atoms with van der Waals surface area (Å²) in [6.07, 6.45) is 2.23. The highest BCUT2D eigenvalue weighted by Crippen LogP contribution is 2.36. The smallest absolute Gasteiger partial charge is 0.198 e. The lowest BCUT2D eigenvalue weighted by molar-refractivity contribution is 0.225. The third kappa shape index (κ3) is 3.31. The summed E-state index contributed by atoms with van der Waals surface area (Å²) >= 11 is 0. The van der Waals surface area contributed by atoms with Gasteiger partial charge in [0.2, 0.25) is 0 Å². The van der Waals surface area contributed by atoms with E-state index in [1.807, 2.05) is 54.2 Å². The molecule has 0 fully saturated rings. The Morgan fingerprint density at radius 3 is 2.43 bits per heavy atom. The van der Waals surface area contributed by atoms with Crippen LogP contribution in [0.25, 0.3) is 10.8 Å². The van der Waals surface area contributed by atoms with Crippen LogP contribution in [0.3, 0.4) is 0 Å². The molecule has 0 radical (unpaired) electrons. The highest BCUT2D eigenvalue weighted by molar-refractivity contribution is 6.06. The third-order valence-corrected chi connectivity index (χ3v) is 5.76. The zero-order valence-corrected chi connectivity index (χ0v) is 16.8. The van der Waals surface area contributed by atoms with Crippen molar-refractivity contribution in [3.05, 3.63) is 71.8 Å². The second-order valence-corrected chi connectivity index (χ2v) is 7.55. The summed E-state index contributed by atoms with van der Waals surface area (Å²) in [5.41, 5.74) is 3.93. The van der Waals surface area contributed by atoms with E-state index in [4.69, 9.17) is 10.1 Å². The van der Waals surface area contributed by atoms with Gasteiger partial charge in [-0.05, 0) is 54.5 Å². The Morgan fingerprint density at radius 1 is 0.964 bits per heavy atom. The van der Waals surface area contributed by atoms with E-state index in [2.05, 4.69) is 37.3 Å². The van der Waals surface area contributed by atoms with E-state index < -0.39 is 0 Å². The molecular formula is C24H27N3O. The number of guanidine groups is 1. The van der Waals surface area contributed by atoms with Crippen LogP contribution in [0.2, 0.25) is 0 Å².